The van der Waals surface area contributed by atoms with Gasteiger partial charge in [0.05, 0.1) is 25.0 Å². The number of methoxy groups -OCH3 is 2. The minimum Gasteiger partial charge on any atom is -0.497 e. The summed E-state index contributed by atoms with van der Waals surface area (Å²) in [5.41, 5.74) is 0.686. The molecule has 3 N–H and O–H groups in total. The van der Waals surface area contributed by atoms with Crippen molar-refractivity contribution in [3.05, 3.63) is 18.2 Å². The van der Waals surface area contributed by atoms with Crippen molar-refractivity contribution < 1.29 is 14.3 Å². The van der Waals surface area contributed by atoms with E-state index in [1.54, 1.807) is 39.3 Å². The van der Waals surface area contributed by atoms with Gasteiger partial charge < -0.3 is 20.6 Å². The van der Waals surface area contributed by atoms with Gasteiger partial charge in [0.25, 0.3) is 0 Å². The van der Waals surface area contributed by atoms with Crippen molar-refractivity contribution in [2.24, 2.45) is 0 Å². The Morgan fingerprint density at radius 3 is 2.75 bits per heavy atom. The Kier molecular flexibility index (Phi) is 5.91. The van der Waals surface area contributed by atoms with Crippen LogP contribution in [0.3, 0.4) is 0 Å². The Morgan fingerprint density at radius 1 is 1.38 bits per heavy atom. The molecule has 0 aliphatic heterocycles. The molecule has 1 atom stereocenters. The van der Waals surface area contributed by atoms with Crippen molar-refractivity contribution in [2.45, 2.75) is 24.3 Å². The monoisotopic (exact) mass is 351 g/mol. The van der Waals surface area contributed by atoms with Crippen LogP contribution in [0, 0.1) is 0 Å². The highest BCUT2D eigenvalue weighted by Crippen LogP contribution is 2.33. The number of nitrogen functional groups attached to an aromatic ring is 1. The van der Waals surface area contributed by atoms with Crippen LogP contribution in [-0.4, -0.2) is 46.8 Å². The molecule has 8 nitrogen and oxygen atoms in total. The third-order valence-electron chi connectivity index (χ3n) is 3.32. The maximum absolute atomic E-state index is 11.8. The number of nitrogens with one attached hydrogen (secondary N) is 1. The minimum absolute atomic E-state index is 0.0749. The quantitative estimate of drug-likeness (QED) is 0.572. The van der Waals surface area contributed by atoms with E-state index in [1.165, 1.54) is 16.4 Å². The maximum Gasteiger partial charge on any atom is 0.233 e. The molecule has 1 amide bonds. The first kappa shape index (κ1) is 17.9. The zero-order valence-corrected chi connectivity index (χ0v) is 14.9. The van der Waals surface area contributed by atoms with E-state index in [0.717, 1.165) is 0 Å². The average molecular weight is 351 g/mol. The molecule has 2 rings (SSSR count). The third-order valence-corrected chi connectivity index (χ3v) is 4.37. The van der Waals surface area contributed by atoms with Crippen LogP contribution in [0.25, 0.3) is 11.4 Å². The highest BCUT2D eigenvalue weighted by molar-refractivity contribution is 8.00. The van der Waals surface area contributed by atoms with E-state index in [4.69, 9.17) is 15.3 Å². The number of hydrogen-bond acceptors (Lipinski definition) is 7. The first-order valence-corrected chi connectivity index (χ1v) is 8.27. The third kappa shape index (κ3) is 3.73. The molecule has 0 radical (unpaired) electrons. The normalized spacial score (nSPS) is 11.8. The number of amides is 1. The van der Waals surface area contributed by atoms with Gasteiger partial charge in [0.15, 0.2) is 5.82 Å². The fourth-order valence-electron chi connectivity index (χ4n) is 2.05. The van der Waals surface area contributed by atoms with Gasteiger partial charge >= 0.3 is 0 Å². The molecule has 0 bridgehead atoms. The van der Waals surface area contributed by atoms with Crippen LogP contribution >= 0.6 is 11.8 Å². The molecular weight excluding hydrogens is 330 g/mol. The lowest BCUT2D eigenvalue weighted by atomic mass is 10.2. The number of benzene rings is 1. The second-order valence-electron chi connectivity index (χ2n) is 4.90. The Labute approximate surface area is 144 Å². The number of carbonyl (C=O) groups is 1. The van der Waals surface area contributed by atoms with Crippen LogP contribution in [-0.2, 0) is 4.79 Å². The lowest BCUT2D eigenvalue weighted by molar-refractivity contribution is -0.120. The summed E-state index contributed by atoms with van der Waals surface area (Å²) in [6.45, 7) is 4.24. The number of ether oxygens (including phenoxy) is 2. The van der Waals surface area contributed by atoms with E-state index in [0.29, 0.717) is 34.6 Å². The van der Waals surface area contributed by atoms with Crippen molar-refractivity contribution in [3.8, 4) is 22.9 Å². The maximum atomic E-state index is 11.8. The molecule has 9 heteroatoms. The Morgan fingerprint density at radius 2 is 2.12 bits per heavy atom. The average Bonchev–Trinajstić information content (AvgIpc) is 2.95. The zero-order valence-electron chi connectivity index (χ0n) is 14.1. The molecule has 0 fully saturated rings. The summed E-state index contributed by atoms with van der Waals surface area (Å²) >= 11 is 1.24. The van der Waals surface area contributed by atoms with Crippen molar-refractivity contribution in [2.75, 3.05) is 26.6 Å². The molecular formula is C15H21N5O3S. The highest BCUT2D eigenvalue weighted by Gasteiger charge is 2.21. The van der Waals surface area contributed by atoms with Crippen molar-refractivity contribution >= 4 is 17.7 Å². The fourth-order valence-corrected chi connectivity index (χ4v) is 2.85. The van der Waals surface area contributed by atoms with E-state index >= 15 is 0 Å². The van der Waals surface area contributed by atoms with Gasteiger partial charge in [-0.15, -0.1) is 10.2 Å². The summed E-state index contributed by atoms with van der Waals surface area (Å²) in [7, 11) is 3.14. The second-order valence-corrected chi connectivity index (χ2v) is 6.21. The lowest BCUT2D eigenvalue weighted by Gasteiger charge is -2.11. The van der Waals surface area contributed by atoms with Gasteiger partial charge in [-0.2, -0.15) is 0 Å². The van der Waals surface area contributed by atoms with Crippen LogP contribution in [0.4, 0.5) is 0 Å². The van der Waals surface area contributed by atoms with Crippen molar-refractivity contribution in [3.63, 3.8) is 0 Å². The Hall–Kier alpha value is -2.42. The van der Waals surface area contributed by atoms with Crippen LogP contribution in [0.5, 0.6) is 11.5 Å². The molecule has 0 aliphatic rings. The Bertz CT molecular complexity index is 719. The molecule has 1 aromatic heterocycles. The summed E-state index contributed by atoms with van der Waals surface area (Å²) in [5.74, 6) is 7.71. The lowest BCUT2D eigenvalue weighted by Crippen LogP contribution is -2.31. The summed E-state index contributed by atoms with van der Waals surface area (Å²) < 4.78 is 11.9. The Balaban J connectivity index is 2.28. The largest absolute Gasteiger partial charge is 0.497 e. The van der Waals surface area contributed by atoms with E-state index in [2.05, 4.69) is 15.5 Å². The molecule has 130 valence electrons. The number of hydrogen-bond donors (Lipinski definition) is 2. The fraction of sp³-hybridized carbons (Fsp3) is 0.400. The molecule has 0 aliphatic carbocycles. The minimum atomic E-state index is -0.331. The molecule has 0 saturated heterocycles. The van der Waals surface area contributed by atoms with Gasteiger partial charge in [-0.3, -0.25) is 4.79 Å². The zero-order chi connectivity index (χ0) is 17.7. The van der Waals surface area contributed by atoms with E-state index < -0.39 is 0 Å². The van der Waals surface area contributed by atoms with Crippen LogP contribution in [0.15, 0.2) is 23.4 Å². The molecule has 1 aromatic carbocycles. The van der Waals surface area contributed by atoms with E-state index in [1.807, 2.05) is 6.92 Å². The molecule has 0 saturated carbocycles. The SMILES string of the molecule is CCNC(=O)[C@H](C)Sc1nnc(-c2ccc(OC)cc2OC)n1N. The van der Waals surface area contributed by atoms with Gasteiger partial charge in [0.2, 0.25) is 11.1 Å². The molecule has 1 heterocycles. The van der Waals surface area contributed by atoms with E-state index in [9.17, 15) is 4.79 Å². The van der Waals surface area contributed by atoms with Crippen LogP contribution in [0.1, 0.15) is 13.8 Å². The summed E-state index contributed by atoms with van der Waals surface area (Å²) in [5, 5.41) is 11.1. The van der Waals surface area contributed by atoms with Gasteiger partial charge in [-0.1, -0.05) is 11.8 Å². The number of rotatable bonds is 7. The van der Waals surface area contributed by atoms with Gasteiger partial charge in [0, 0.05) is 12.6 Å². The second kappa shape index (κ2) is 7.91. The van der Waals surface area contributed by atoms with Crippen LogP contribution in [0.2, 0.25) is 0 Å². The molecule has 0 spiro atoms. The summed E-state index contributed by atoms with van der Waals surface area (Å²) in [4.78, 5) is 11.8. The summed E-state index contributed by atoms with van der Waals surface area (Å²) in [6, 6.07) is 5.33. The predicted octanol–water partition coefficient (Wildman–Crippen LogP) is 1.29. The van der Waals surface area contributed by atoms with Gasteiger partial charge in [0.1, 0.15) is 11.5 Å². The molecule has 2 aromatic rings. The first-order valence-electron chi connectivity index (χ1n) is 7.39. The topological polar surface area (TPSA) is 104 Å². The number of nitrogens with zero attached hydrogens (tertiary/aromatic N) is 3. The molecule has 24 heavy (non-hydrogen) atoms. The van der Waals surface area contributed by atoms with Crippen LogP contribution < -0.4 is 20.6 Å². The van der Waals surface area contributed by atoms with Crippen molar-refractivity contribution in [1.29, 1.82) is 0 Å². The molecule has 0 unspecified atom stereocenters. The predicted molar refractivity (Wildman–Crippen MR) is 92.7 cm³/mol. The van der Waals surface area contributed by atoms with Gasteiger partial charge in [-0.05, 0) is 26.0 Å². The number of aromatic nitrogens is 3. The highest BCUT2D eigenvalue weighted by atomic mass is 32.2. The number of nitrogens with two attached hydrogens (primary N) is 1. The van der Waals surface area contributed by atoms with E-state index in [-0.39, 0.29) is 11.2 Å². The number of thioether (sulfide) groups is 1. The van der Waals surface area contributed by atoms with Gasteiger partial charge in [-0.25, -0.2) is 4.68 Å². The standard InChI is InChI=1S/C15H21N5O3S/c1-5-17-14(21)9(2)24-15-19-18-13(20(15)16)11-7-6-10(22-3)8-12(11)23-4/h6-9H,5,16H2,1-4H3,(H,17,21)/t9-/m0/s1. The van der Waals surface area contributed by atoms with Crippen molar-refractivity contribution in [1.82, 2.24) is 20.2 Å². The smallest absolute Gasteiger partial charge is 0.233 e. The first-order chi connectivity index (χ1) is 11.5. The summed E-state index contributed by atoms with van der Waals surface area (Å²) in [6.07, 6.45) is 0. The number of carbonyl (C=O) groups excluding carboxylic acids is 1.